The van der Waals surface area contributed by atoms with Gasteiger partial charge in [-0.05, 0) is 25.3 Å². The van der Waals surface area contributed by atoms with E-state index in [1.807, 2.05) is 36.4 Å². The van der Waals surface area contributed by atoms with Crippen molar-refractivity contribution >= 4 is 23.9 Å². The largest absolute Gasteiger partial charge is 0.445 e. The van der Waals surface area contributed by atoms with Crippen LogP contribution in [0.3, 0.4) is 0 Å². The molecule has 0 radical (unpaired) electrons. The number of piperazine rings is 1. The zero-order valence-corrected chi connectivity index (χ0v) is 23.8. The number of nitrogens with zero attached hydrogens (tertiary/aromatic N) is 5. The zero-order chi connectivity index (χ0) is 30.3. The van der Waals surface area contributed by atoms with Gasteiger partial charge >= 0.3 is 12.1 Å². The molecule has 2 heterocycles. The maximum absolute atomic E-state index is 13.7. The molecule has 0 aromatic heterocycles. The lowest BCUT2D eigenvalue weighted by molar-refractivity contribution is -0.189. The lowest BCUT2D eigenvalue weighted by Gasteiger charge is -2.54. The number of carbonyl (C=O) groups excluding carboxylic acids is 4. The first-order valence-corrected chi connectivity index (χ1v) is 13.7. The summed E-state index contributed by atoms with van der Waals surface area (Å²) in [5.41, 5.74) is 0.882. The molecule has 2 aliphatic rings. The monoisotopic (exact) mass is 579 g/mol. The van der Waals surface area contributed by atoms with Gasteiger partial charge in [-0.15, -0.1) is 5.92 Å². The van der Waals surface area contributed by atoms with Gasteiger partial charge in [0.25, 0.3) is 0 Å². The van der Waals surface area contributed by atoms with Crippen LogP contribution in [0.2, 0.25) is 0 Å². The molecule has 1 aromatic rings. The van der Waals surface area contributed by atoms with Crippen LogP contribution in [0.5, 0.6) is 0 Å². The molecule has 2 atom stereocenters. The second kappa shape index (κ2) is 16.6. The first-order valence-electron chi connectivity index (χ1n) is 13.7. The van der Waals surface area contributed by atoms with E-state index in [0.717, 1.165) is 5.56 Å². The average Bonchev–Trinajstić information content (AvgIpc) is 2.99. The highest BCUT2D eigenvalue weighted by Gasteiger charge is 2.51. The number of ether oxygens (including phenoxy) is 2. The van der Waals surface area contributed by atoms with E-state index < -0.39 is 24.3 Å². The molecule has 1 unspecified atom stereocenters. The highest BCUT2D eigenvalue weighted by atomic mass is 16.5. The van der Waals surface area contributed by atoms with E-state index in [4.69, 9.17) is 9.47 Å². The number of amides is 5. The Hall–Kier alpha value is -4.59. The van der Waals surface area contributed by atoms with Gasteiger partial charge in [-0.3, -0.25) is 9.59 Å². The number of hydrogen-bond donors (Lipinski definition) is 2. The Bertz CT molecular complexity index is 1210. The summed E-state index contributed by atoms with van der Waals surface area (Å²) in [4.78, 5) is 55.5. The molecule has 42 heavy (non-hydrogen) atoms. The van der Waals surface area contributed by atoms with Crippen molar-refractivity contribution in [2.24, 2.45) is 0 Å². The number of fused-ring (bicyclic) bond motifs is 1. The van der Waals surface area contributed by atoms with Crippen molar-refractivity contribution in [3.8, 4) is 17.9 Å². The number of hydrogen-bond acceptors (Lipinski definition) is 8. The number of nitriles is 1. The number of benzene rings is 1. The minimum Gasteiger partial charge on any atom is -0.445 e. The summed E-state index contributed by atoms with van der Waals surface area (Å²) in [7, 11) is 0. The van der Waals surface area contributed by atoms with Gasteiger partial charge < -0.3 is 29.9 Å². The number of rotatable bonds is 13. The molecule has 0 spiro atoms. The molecule has 2 fully saturated rings. The second-order valence-electron chi connectivity index (χ2n) is 9.49. The van der Waals surface area contributed by atoms with Crippen LogP contribution in [0.15, 0.2) is 43.0 Å². The van der Waals surface area contributed by atoms with E-state index in [1.54, 1.807) is 11.8 Å². The number of carbonyl (C=O) groups is 4. The van der Waals surface area contributed by atoms with E-state index >= 15 is 0 Å². The normalized spacial score (nSPS) is 18.3. The zero-order valence-electron chi connectivity index (χ0n) is 23.8. The summed E-state index contributed by atoms with van der Waals surface area (Å²) in [6.07, 6.45) is 0.596. The van der Waals surface area contributed by atoms with Crippen LogP contribution in [0, 0.1) is 23.2 Å². The van der Waals surface area contributed by atoms with Gasteiger partial charge in [-0.2, -0.15) is 10.3 Å². The average molecular weight is 580 g/mol. The molecule has 5 amide bonds. The molecule has 13 nitrogen and oxygen atoms in total. The van der Waals surface area contributed by atoms with Crippen LogP contribution in [-0.4, -0.2) is 109 Å². The van der Waals surface area contributed by atoms with Crippen molar-refractivity contribution in [1.29, 1.82) is 5.26 Å². The number of urea groups is 1. The highest BCUT2D eigenvalue weighted by Crippen LogP contribution is 2.28. The summed E-state index contributed by atoms with van der Waals surface area (Å²) in [5.74, 6) is 4.90. The van der Waals surface area contributed by atoms with Crippen molar-refractivity contribution in [2.75, 3.05) is 52.5 Å². The van der Waals surface area contributed by atoms with Crippen LogP contribution in [0.25, 0.3) is 0 Å². The molecule has 0 aliphatic carbocycles. The third-order valence-electron chi connectivity index (χ3n) is 6.69. The number of alkyl carbamates (subject to hydrolysis) is 1. The lowest BCUT2D eigenvalue weighted by atomic mass is 10.0. The van der Waals surface area contributed by atoms with E-state index in [-0.39, 0.29) is 77.3 Å². The molecule has 224 valence electrons. The maximum atomic E-state index is 13.7. The Labute approximate surface area is 245 Å². The minimum absolute atomic E-state index is 0.0384. The third kappa shape index (κ3) is 8.70. The molecule has 1 aromatic carbocycles. The first-order chi connectivity index (χ1) is 20.4. The molecule has 13 heteroatoms. The van der Waals surface area contributed by atoms with Crippen LogP contribution >= 0.6 is 0 Å². The quantitative estimate of drug-likeness (QED) is 0.153. The predicted octanol–water partition coefficient (Wildman–Crippen LogP) is 1.05. The predicted molar refractivity (Wildman–Crippen MR) is 152 cm³/mol. The van der Waals surface area contributed by atoms with Gasteiger partial charge in [0.2, 0.25) is 11.8 Å². The van der Waals surface area contributed by atoms with Crippen molar-refractivity contribution in [3.63, 3.8) is 0 Å². The topological polar surface area (TPSA) is 148 Å². The Morgan fingerprint density at radius 1 is 1.21 bits per heavy atom. The van der Waals surface area contributed by atoms with Crippen LogP contribution in [0.1, 0.15) is 25.3 Å². The van der Waals surface area contributed by atoms with Gasteiger partial charge in [0, 0.05) is 19.6 Å². The van der Waals surface area contributed by atoms with E-state index in [9.17, 15) is 24.4 Å². The van der Waals surface area contributed by atoms with Gasteiger partial charge in [0.1, 0.15) is 32.0 Å². The molecule has 2 aliphatic heterocycles. The fourth-order valence-corrected chi connectivity index (χ4v) is 4.79. The summed E-state index contributed by atoms with van der Waals surface area (Å²) in [6.45, 7) is 5.99. The molecule has 0 saturated carbocycles. The van der Waals surface area contributed by atoms with Crippen LogP contribution < -0.4 is 10.6 Å². The summed E-state index contributed by atoms with van der Waals surface area (Å²) in [5, 5.41) is 17.7. The third-order valence-corrected chi connectivity index (χ3v) is 6.69. The van der Waals surface area contributed by atoms with Crippen molar-refractivity contribution in [3.05, 3.63) is 48.6 Å². The summed E-state index contributed by atoms with van der Waals surface area (Å²) in [6, 6.07) is 10.0. The van der Waals surface area contributed by atoms with Gasteiger partial charge in [0.05, 0.1) is 25.8 Å². The van der Waals surface area contributed by atoms with Gasteiger partial charge in [-0.1, -0.05) is 48.9 Å². The molecular formula is C29H37N7O6. The molecule has 3 rings (SSSR count). The number of hydrazine groups is 1. The highest BCUT2D eigenvalue weighted by molar-refractivity contribution is 5.91. The SMILES string of the molecule is C=CCOC(=O)NCCC[C@H]1C(=O)N(CCOCC#CC)CC2N1C(=O)CN(CC#N)N2C(=O)NCc1ccccc1. The van der Waals surface area contributed by atoms with Crippen LogP contribution in [0.4, 0.5) is 9.59 Å². The van der Waals surface area contributed by atoms with Crippen LogP contribution in [-0.2, 0) is 25.6 Å². The van der Waals surface area contributed by atoms with E-state index in [1.165, 1.54) is 21.0 Å². The fraction of sp³-hybridized carbons (Fsp3) is 0.483. The molecular weight excluding hydrogens is 542 g/mol. The number of nitrogens with one attached hydrogen (secondary N) is 2. The molecule has 2 saturated heterocycles. The maximum Gasteiger partial charge on any atom is 0.407 e. The fourth-order valence-electron chi connectivity index (χ4n) is 4.79. The Balaban J connectivity index is 1.81. The minimum atomic E-state index is -0.883. The van der Waals surface area contributed by atoms with Gasteiger partial charge in [0.15, 0.2) is 0 Å². The Kier molecular flexibility index (Phi) is 12.6. The first kappa shape index (κ1) is 31.9. The Morgan fingerprint density at radius 3 is 2.71 bits per heavy atom. The van der Waals surface area contributed by atoms with E-state index in [2.05, 4.69) is 29.1 Å². The Morgan fingerprint density at radius 2 is 2.00 bits per heavy atom. The lowest BCUT2D eigenvalue weighted by Crippen LogP contribution is -2.76. The second-order valence-corrected chi connectivity index (χ2v) is 9.49. The molecule has 2 N–H and O–H groups in total. The summed E-state index contributed by atoms with van der Waals surface area (Å²) >= 11 is 0. The van der Waals surface area contributed by atoms with Crippen molar-refractivity contribution < 1.29 is 28.7 Å². The standard InChI is InChI=1S/C29H37N7O6/c1-3-5-18-41-19-16-33-21-25-35(24(27(33)38)12-9-14-31-29(40)42-17-4-2)26(37)22-34(15-13-30)36(25)28(39)32-20-23-10-7-6-8-11-23/h4,6-8,10-11,24-25H,2,9,12,14-22H2,1H3,(H,31,40)(H,32,39)/t24-,25?/m0/s1. The smallest absolute Gasteiger partial charge is 0.407 e. The van der Waals surface area contributed by atoms with Crippen molar-refractivity contribution in [2.45, 2.75) is 38.5 Å². The van der Waals surface area contributed by atoms with Gasteiger partial charge in [-0.25, -0.2) is 14.6 Å². The molecule has 0 bridgehead atoms. The summed E-state index contributed by atoms with van der Waals surface area (Å²) < 4.78 is 10.4. The van der Waals surface area contributed by atoms with E-state index in [0.29, 0.717) is 6.42 Å². The van der Waals surface area contributed by atoms with Crippen molar-refractivity contribution in [1.82, 2.24) is 30.5 Å².